The Hall–Kier alpha value is -3.04. The Morgan fingerprint density at radius 1 is 1.00 bits per heavy atom. The second-order valence-electron chi connectivity index (χ2n) is 7.43. The normalized spacial score (nSPS) is 15.4. The van der Waals surface area contributed by atoms with Crippen molar-refractivity contribution >= 4 is 21.6 Å². The molecular weight excluding hydrogens is 419 g/mol. The number of nitrogens with one attached hydrogen (secondary N) is 1. The summed E-state index contributed by atoms with van der Waals surface area (Å²) in [4.78, 5) is 17.0. The topological polar surface area (TPSA) is 84.3 Å². The lowest BCUT2D eigenvalue weighted by molar-refractivity contribution is 0.102. The van der Waals surface area contributed by atoms with E-state index in [4.69, 9.17) is 0 Å². The minimum atomic E-state index is -3.62. The van der Waals surface area contributed by atoms with E-state index < -0.39 is 15.9 Å². The molecule has 0 atom stereocenters. The summed E-state index contributed by atoms with van der Waals surface area (Å²) in [5, 5.41) is 2.74. The summed E-state index contributed by atoms with van der Waals surface area (Å²) in [6.07, 6.45) is 6.62. The van der Waals surface area contributed by atoms with E-state index in [-0.39, 0.29) is 16.4 Å². The monoisotopic (exact) mass is 442 g/mol. The van der Waals surface area contributed by atoms with E-state index in [1.807, 2.05) is 0 Å². The molecule has 3 aromatic rings. The van der Waals surface area contributed by atoms with Gasteiger partial charge in [0.15, 0.2) is 0 Å². The maximum atomic E-state index is 13.2. The maximum Gasteiger partial charge on any atom is 0.274 e. The third-order valence-corrected chi connectivity index (χ3v) is 7.17. The molecule has 162 valence electrons. The van der Waals surface area contributed by atoms with E-state index in [1.165, 1.54) is 39.6 Å². The Kier molecular flexibility index (Phi) is 6.15. The maximum absolute atomic E-state index is 13.2. The molecule has 0 unspecified atom stereocenters. The van der Waals surface area contributed by atoms with Gasteiger partial charge in [-0.1, -0.05) is 18.9 Å². The number of nitrogens with zero attached hydrogens (tertiary/aromatic N) is 3. The van der Waals surface area contributed by atoms with Gasteiger partial charge in [0.05, 0.1) is 17.4 Å². The van der Waals surface area contributed by atoms with Crippen molar-refractivity contribution in [3.05, 3.63) is 72.6 Å². The Balaban J connectivity index is 1.55. The molecule has 1 N–H and O–H groups in total. The van der Waals surface area contributed by atoms with Gasteiger partial charge in [0.25, 0.3) is 5.91 Å². The SMILES string of the molecule is O=C(Nc1cccc(S(=O)(=O)N2CCCCCC2)c1)c1cncn1-c1ccc(F)cc1. The Morgan fingerprint density at radius 3 is 2.42 bits per heavy atom. The van der Waals surface area contributed by atoms with E-state index in [0.717, 1.165) is 25.7 Å². The number of imidazole rings is 1. The zero-order valence-corrected chi connectivity index (χ0v) is 17.7. The fourth-order valence-electron chi connectivity index (χ4n) is 3.63. The Morgan fingerprint density at radius 2 is 1.71 bits per heavy atom. The minimum Gasteiger partial charge on any atom is -0.321 e. The number of benzene rings is 2. The standard InChI is InChI=1S/C22H23FN4O3S/c23-17-8-10-19(11-9-17)27-16-24-15-21(27)22(28)25-18-6-5-7-20(14-18)31(29,30)26-12-3-1-2-4-13-26/h5-11,14-16H,1-4,12-13H2,(H,25,28). The average molecular weight is 443 g/mol. The van der Waals surface area contributed by atoms with Gasteiger partial charge in [-0.15, -0.1) is 0 Å². The highest BCUT2D eigenvalue weighted by molar-refractivity contribution is 7.89. The molecule has 1 aliphatic rings. The minimum absolute atomic E-state index is 0.152. The van der Waals surface area contributed by atoms with Crippen LogP contribution in [0.2, 0.25) is 0 Å². The van der Waals surface area contributed by atoms with E-state index >= 15 is 0 Å². The van der Waals surface area contributed by atoms with Crippen molar-refractivity contribution in [3.63, 3.8) is 0 Å². The molecule has 0 bridgehead atoms. The second-order valence-corrected chi connectivity index (χ2v) is 9.36. The van der Waals surface area contributed by atoms with E-state index in [0.29, 0.717) is 24.5 Å². The van der Waals surface area contributed by atoms with Gasteiger partial charge in [-0.3, -0.25) is 9.36 Å². The van der Waals surface area contributed by atoms with Crippen molar-refractivity contribution in [1.29, 1.82) is 0 Å². The van der Waals surface area contributed by atoms with E-state index in [2.05, 4.69) is 10.3 Å². The zero-order chi connectivity index (χ0) is 21.8. The highest BCUT2D eigenvalue weighted by Crippen LogP contribution is 2.23. The van der Waals surface area contributed by atoms with Crippen LogP contribution in [-0.2, 0) is 10.0 Å². The lowest BCUT2D eigenvalue weighted by Crippen LogP contribution is -2.32. The molecule has 2 heterocycles. The van der Waals surface area contributed by atoms with Crippen LogP contribution in [-0.4, -0.2) is 41.3 Å². The van der Waals surface area contributed by atoms with Gasteiger partial charge in [0.2, 0.25) is 10.0 Å². The number of rotatable bonds is 5. The summed E-state index contributed by atoms with van der Waals surface area (Å²) in [6, 6.07) is 11.9. The molecule has 1 aromatic heterocycles. The summed E-state index contributed by atoms with van der Waals surface area (Å²) in [5.41, 5.74) is 1.20. The number of halogens is 1. The largest absolute Gasteiger partial charge is 0.321 e. The number of sulfonamides is 1. The molecule has 1 aliphatic heterocycles. The van der Waals surface area contributed by atoms with Crippen LogP contribution >= 0.6 is 0 Å². The zero-order valence-electron chi connectivity index (χ0n) is 16.9. The molecule has 7 nitrogen and oxygen atoms in total. The Labute approximate surface area is 180 Å². The fourth-order valence-corrected chi connectivity index (χ4v) is 5.19. The number of aromatic nitrogens is 2. The summed E-state index contributed by atoms with van der Waals surface area (Å²) in [5.74, 6) is -0.830. The number of carbonyl (C=O) groups is 1. The van der Waals surface area contributed by atoms with Crippen LogP contribution in [0.1, 0.15) is 36.2 Å². The van der Waals surface area contributed by atoms with Crippen molar-refractivity contribution in [1.82, 2.24) is 13.9 Å². The highest BCUT2D eigenvalue weighted by atomic mass is 32.2. The number of anilines is 1. The number of hydrogen-bond donors (Lipinski definition) is 1. The molecule has 0 aliphatic carbocycles. The molecule has 0 radical (unpaired) electrons. The fraction of sp³-hybridized carbons (Fsp3) is 0.273. The predicted octanol–water partition coefficient (Wildman–Crippen LogP) is 3.83. The number of hydrogen-bond acceptors (Lipinski definition) is 4. The summed E-state index contributed by atoms with van der Waals surface area (Å²) in [7, 11) is -3.62. The molecule has 1 amide bonds. The second kappa shape index (κ2) is 8.99. The molecule has 2 aromatic carbocycles. The van der Waals surface area contributed by atoms with Gasteiger partial charge >= 0.3 is 0 Å². The molecular formula is C22H23FN4O3S. The molecule has 9 heteroatoms. The van der Waals surface area contributed by atoms with Gasteiger partial charge in [-0.25, -0.2) is 17.8 Å². The van der Waals surface area contributed by atoms with Gasteiger partial charge < -0.3 is 5.32 Å². The number of amides is 1. The van der Waals surface area contributed by atoms with E-state index in [1.54, 1.807) is 30.3 Å². The van der Waals surface area contributed by atoms with Crippen molar-refractivity contribution in [2.75, 3.05) is 18.4 Å². The van der Waals surface area contributed by atoms with E-state index in [9.17, 15) is 17.6 Å². The van der Waals surface area contributed by atoms with Gasteiger partial charge in [-0.05, 0) is 55.3 Å². The van der Waals surface area contributed by atoms with Crippen LogP contribution in [0.5, 0.6) is 0 Å². The molecule has 1 fully saturated rings. The van der Waals surface area contributed by atoms with Crippen LogP contribution in [0.25, 0.3) is 5.69 Å². The first-order chi connectivity index (χ1) is 14.9. The number of carbonyl (C=O) groups excluding carboxylic acids is 1. The third kappa shape index (κ3) is 4.67. The third-order valence-electron chi connectivity index (χ3n) is 5.27. The van der Waals surface area contributed by atoms with Crippen molar-refractivity contribution in [2.45, 2.75) is 30.6 Å². The molecule has 0 saturated carbocycles. The average Bonchev–Trinajstić information content (AvgIpc) is 3.08. The van der Waals surface area contributed by atoms with Crippen LogP contribution < -0.4 is 5.32 Å². The molecule has 0 spiro atoms. The van der Waals surface area contributed by atoms with Gasteiger partial charge in [0, 0.05) is 24.5 Å². The lowest BCUT2D eigenvalue weighted by Gasteiger charge is -2.20. The molecule has 31 heavy (non-hydrogen) atoms. The first-order valence-electron chi connectivity index (χ1n) is 10.1. The smallest absolute Gasteiger partial charge is 0.274 e. The predicted molar refractivity (Wildman–Crippen MR) is 115 cm³/mol. The van der Waals surface area contributed by atoms with Crippen LogP contribution in [0, 0.1) is 5.82 Å². The van der Waals surface area contributed by atoms with Crippen LogP contribution in [0.15, 0.2) is 66.0 Å². The van der Waals surface area contributed by atoms with Gasteiger partial charge in [-0.2, -0.15) is 4.31 Å². The van der Waals surface area contributed by atoms with Crippen LogP contribution in [0.3, 0.4) is 0 Å². The highest BCUT2D eigenvalue weighted by Gasteiger charge is 2.25. The van der Waals surface area contributed by atoms with Crippen molar-refractivity contribution < 1.29 is 17.6 Å². The first-order valence-corrected chi connectivity index (χ1v) is 11.6. The summed E-state index contributed by atoms with van der Waals surface area (Å²) < 4.78 is 42.3. The molecule has 1 saturated heterocycles. The lowest BCUT2D eigenvalue weighted by atomic mass is 10.2. The summed E-state index contributed by atoms with van der Waals surface area (Å²) >= 11 is 0. The Bertz CT molecular complexity index is 1170. The van der Waals surface area contributed by atoms with Crippen molar-refractivity contribution in [2.24, 2.45) is 0 Å². The molecule has 4 rings (SSSR count). The first kappa shape index (κ1) is 21.2. The van der Waals surface area contributed by atoms with Gasteiger partial charge in [0.1, 0.15) is 11.5 Å². The quantitative estimate of drug-likeness (QED) is 0.651. The van der Waals surface area contributed by atoms with Crippen LogP contribution in [0.4, 0.5) is 10.1 Å². The van der Waals surface area contributed by atoms with Crippen molar-refractivity contribution in [3.8, 4) is 5.69 Å². The summed E-state index contributed by atoms with van der Waals surface area (Å²) in [6.45, 7) is 1.02.